The third-order valence-electron chi connectivity index (χ3n) is 6.16. The van der Waals surface area contributed by atoms with Crippen LogP contribution in [-0.2, 0) is 15.0 Å². The second-order valence-corrected chi connectivity index (χ2v) is 9.66. The van der Waals surface area contributed by atoms with E-state index >= 15 is 0 Å². The largest absolute Gasteiger partial charge is 0.507 e. The molecule has 0 bridgehead atoms. The van der Waals surface area contributed by atoms with Crippen molar-refractivity contribution < 1.29 is 23.5 Å². The number of fused-ring (bicyclic) bond motifs is 2. The highest BCUT2D eigenvalue weighted by Crippen LogP contribution is 2.40. The zero-order valence-electron chi connectivity index (χ0n) is 19.3. The molecule has 176 valence electrons. The number of halogens is 2. The highest BCUT2D eigenvalue weighted by atomic mass is 19.1. The monoisotopic (exact) mass is 472 g/mol. The molecular formula is C28H22F2N2O3. The van der Waals surface area contributed by atoms with Gasteiger partial charge in [0.15, 0.2) is 0 Å². The van der Waals surface area contributed by atoms with E-state index in [0.717, 1.165) is 5.56 Å². The van der Waals surface area contributed by atoms with Gasteiger partial charge in [-0.1, -0.05) is 20.8 Å². The molecule has 0 radical (unpaired) electrons. The molecule has 0 aromatic heterocycles. The molecule has 0 saturated heterocycles. The Balaban J connectivity index is 1.70. The minimum absolute atomic E-state index is 0.159. The molecule has 0 aliphatic carbocycles. The van der Waals surface area contributed by atoms with Crippen LogP contribution in [0.3, 0.4) is 0 Å². The van der Waals surface area contributed by atoms with E-state index in [4.69, 9.17) is 0 Å². The Morgan fingerprint density at radius 1 is 0.743 bits per heavy atom. The summed E-state index contributed by atoms with van der Waals surface area (Å²) in [6.07, 6.45) is 3.02. The first-order valence-corrected chi connectivity index (χ1v) is 11.0. The predicted octanol–water partition coefficient (Wildman–Crippen LogP) is 5.95. The Labute approximate surface area is 200 Å². The van der Waals surface area contributed by atoms with Crippen molar-refractivity contribution in [3.63, 3.8) is 0 Å². The standard InChI is InChI=1S/C28H22F2N2O3/c1-28(2,3)16-8-14(10-21-19-12-17(29)4-6-23(19)31-26(21)34)25(33)15(9-16)11-22-20-13-18(30)5-7-24(20)32-27(22)35/h4-13,33H,1-3H3,(H,31,34)(H,32,35)/b21-10+,22-11+. The summed E-state index contributed by atoms with van der Waals surface area (Å²) in [7, 11) is 0. The first-order chi connectivity index (χ1) is 16.5. The number of rotatable bonds is 2. The molecule has 0 unspecified atom stereocenters. The van der Waals surface area contributed by atoms with E-state index in [1.807, 2.05) is 20.8 Å². The number of phenolic OH excluding ortho intramolecular Hbond substituents is 1. The minimum atomic E-state index is -0.484. The summed E-state index contributed by atoms with van der Waals surface area (Å²) in [5.74, 6) is -1.95. The van der Waals surface area contributed by atoms with Crippen molar-refractivity contribution in [2.75, 3.05) is 10.6 Å². The number of nitrogens with one attached hydrogen (secondary N) is 2. The lowest BCUT2D eigenvalue weighted by Gasteiger charge is -2.21. The number of hydrogen-bond acceptors (Lipinski definition) is 3. The fourth-order valence-electron chi connectivity index (χ4n) is 4.25. The van der Waals surface area contributed by atoms with Gasteiger partial charge in [0.2, 0.25) is 0 Å². The van der Waals surface area contributed by atoms with Crippen LogP contribution in [-0.4, -0.2) is 16.9 Å². The van der Waals surface area contributed by atoms with Gasteiger partial charge in [0.1, 0.15) is 17.4 Å². The average Bonchev–Trinajstić information content (AvgIpc) is 3.25. The number of amides is 2. The number of hydrogen-bond donors (Lipinski definition) is 3. The van der Waals surface area contributed by atoms with Crippen LogP contribution in [0.5, 0.6) is 5.75 Å². The zero-order valence-corrected chi connectivity index (χ0v) is 19.3. The molecule has 7 heteroatoms. The summed E-state index contributed by atoms with van der Waals surface area (Å²) in [6, 6.07) is 11.5. The van der Waals surface area contributed by atoms with Crippen molar-refractivity contribution in [2.24, 2.45) is 0 Å². The van der Waals surface area contributed by atoms with Gasteiger partial charge >= 0.3 is 0 Å². The van der Waals surface area contributed by atoms with E-state index in [2.05, 4.69) is 10.6 Å². The van der Waals surface area contributed by atoms with E-state index < -0.39 is 23.4 Å². The van der Waals surface area contributed by atoms with Gasteiger partial charge in [-0.3, -0.25) is 9.59 Å². The van der Waals surface area contributed by atoms with Crippen molar-refractivity contribution in [3.8, 4) is 5.75 Å². The molecule has 3 N–H and O–H groups in total. The molecule has 2 heterocycles. The van der Waals surface area contributed by atoms with Gasteiger partial charge in [0.25, 0.3) is 11.8 Å². The summed E-state index contributed by atoms with van der Waals surface area (Å²) < 4.78 is 27.8. The van der Waals surface area contributed by atoms with E-state index in [1.54, 1.807) is 12.1 Å². The molecule has 2 aliphatic heterocycles. The maximum Gasteiger partial charge on any atom is 0.256 e. The molecule has 0 atom stereocenters. The van der Waals surface area contributed by atoms with Gasteiger partial charge in [0.05, 0.1) is 0 Å². The van der Waals surface area contributed by atoms with E-state index in [9.17, 15) is 23.5 Å². The maximum atomic E-state index is 13.9. The normalized spacial score (nSPS) is 16.9. The number of phenols is 1. The third kappa shape index (κ3) is 3.99. The van der Waals surface area contributed by atoms with Crippen LogP contribution < -0.4 is 10.6 Å². The molecule has 5 nitrogen and oxygen atoms in total. The Morgan fingerprint density at radius 3 is 1.57 bits per heavy atom. The summed E-state index contributed by atoms with van der Waals surface area (Å²) in [5, 5.41) is 16.6. The third-order valence-corrected chi connectivity index (χ3v) is 6.16. The molecule has 3 aromatic carbocycles. The van der Waals surface area contributed by atoms with Crippen LogP contribution in [0.15, 0.2) is 48.5 Å². The topological polar surface area (TPSA) is 78.4 Å². The molecule has 3 aromatic rings. The molecule has 0 spiro atoms. The number of carbonyl (C=O) groups excluding carboxylic acids is 2. The Bertz CT molecular complexity index is 1390. The number of benzene rings is 3. The van der Waals surface area contributed by atoms with Gasteiger partial charge in [0, 0.05) is 44.8 Å². The first kappa shape index (κ1) is 22.5. The summed E-state index contributed by atoms with van der Waals surface area (Å²) in [5.41, 5.74) is 3.37. The second-order valence-electron chi connectivity index (χ2n) is 9.66. The van der Waals surface area contributed by atoms with Crippen LogP contribution in [0.4, 0.5) is 20.2 Å². The van der Waals surface area contributed by atoms with Crippen molar-refractivity contribution >= 4 is 46.5 Å². The number of carbonyl (C=O) groups is 2. The molecule has 5 rings (SSSR count). The first-order valence-electron chi connectivity index (χ1n) is 11.0. The molecule has 2 amide bonds. The maximum absolute atomic E-state index is 13.9. The van der Waals surface area contributed by atoms with E-state index in [1.165, 1.54) is 48.6 Å². The zero-order chi connectivity index (χ0) is 25.1. The summed E-state index contributed by atoms with van der Waals surface area (Å²) in [4.78, 5) is 25.3. The van der Waals surface area contributed by atoms with Crippen molar-refractivity contribution in [1.82, 2.24) is 0 Å². The number of aromatic hydroxyl groups is 1. The predicted molar refractivity (Wildman–Crippen MR) is 133 cm³/mol. The van der Waals surface area contributed by atoms with Crippen LogP contribution in [0, 0.1) is 11.6 Å². The van der Waals surface area contributed by atoms with Crippen LogP contribution >= 0.6 is 0 Å². The molecule has 0 saturated carbocycles. The second kappa shape index (κ2) is 7.91. The van der Waals surface area contributed by atoms with Crippen LogP contribution in [0.1, 0.15) is 48.6 Å². The summed E-state index contributed by atoms with van der Waals surface area (Å²) in [6.45, 7) is 5.98. The summed E-state index contributed by atoms with van der Waals surface area (Å²) >= 11 is 0. The van der Waals surface area contributed by atoms with Crippen LogP contribution in [0.25, 0.3) is 23.3 Å². The lowest BCUT2D eigenvalue weighted by Crippen LogP contribution is -2.12. The lowest BCUT2D eigenvalue weighted by atomic mass is 9.84. The Hall–Kier alpha value is -4.26. The number of anilines is 2. The Morgan fingerprint density at radius 2 is 1.17 bits per heavy atom. The molecule has 2 aliphatic rings. The van der Waals surface area contributed by atoms with Gasteiger partial charge in [-0.25, -0.2) is 8.78 Å². The van der Waals surface area contributed by atoms with Crippen molar-refractivity contribution in [1.29, 1.82) is 0 Å². The highest BCUT2D eigenvalue weighted by Gasteiger charge is 2.28. The minimum Gasteiger partial charge on any atom is -0.507 e. The highest BCUT2D eigenvalue weighted by molar-refractivity contribution is 6.36. The SMILES string of the molecule is CC(C)(C)c1cc(/C=C2/C(=O)Nc3ccc(F)cc32)c(O)c(/C=C2/C(=O)Nc3ccc(F)cc32)c1. The van der Waals surface area contributed by atoms with Crippen LogP contribution in [0.2, 0.25) is 0 Å². The molecule has 35 heavy (non-hydrogen) atoms. The fourth-order valence-corrected chi connectivity index (χ4v) is 4.25. The smallest absolute Gasteiger partial charge is 0.256 e. The van der Waals surface area contributed by atoms with Gasteiger partial charge in [-0.15, -0.1) is 0 Å². The molecular weight excluding hydrogens is 450 g/mol. The van der Waals surface area contributed by atoms with E-state index in [-0.39, 0.29) is 22.3 Å². The Kier molecular flexibility index (Phi) is 5.09. The lowest BCUT2D eigenvalue weighted by molar-refractivity contribution is -0.111. The van der Waals surface area contributed by atoms with Gasteiger partial charge in [-0.2, -0.15) is 0 Å². The van der Waals surface area contributed by atoms with Crippen molar-refractivity contribution in [2.45, 2.75) is 26.2 Å². The quantitative estimate of drug-likeness (QED) is 0.403. The van der Waals surface area contributed by atoms with E-state index in [0.29, 0.717) is 33.6 Å². The van der Waals surface area contributed by atoms with Gasteiger partial charge < -0.3 is 15.7 Å². The average molecular weight is 472 g/mol. The van der Waals surface area contributed by atoms with Crippen molar-refractivity contribution in [3.05, 3.63) is 88.0 Å². The fraction of sp³-hybridized carbons (Fsp3) is 0.143. The molecule has 0 fully saturated rings. The van der Waals surface area contributed by atoms with Gasteiger partial charge in [-0.05, 0) is 71.7 Å².